The van der Waals surface area contributed by atoms with Gasteiger partial charge in [-0.1, -0.05) is 11.6 Å². The number of nitrogens with one attached hydrogen (secondary N) is 4. The molecule has 0 saturated heterocycles. The Bertz CT molecular complexity index is 910. The van der Waals surface area contributed by atoms with Crippen LogP contribution in [0.2, 0.25) is 5.02 Å². The molecular formula is C17H18ClFN6O3. The summed E-state index contributed by atoms with van der Waals surface area (Å²) in [5.74, 6) is -0.223. The second-order valence-corrected chi connectivity index (χ2v) is 6.23. The molecule has 1 heterocycles. The highest BCUT2D eigenvalue weighted by Crippen LogP contribution is 2.28. The topological polar surface area (TPSA) is 128 Å². The highest BCUT2D eigenvalue weighted by molar-refractivity contribution is 6.31. The molecule has 148 valence electrons. The van der Waals surface area contributed by atoms with Crippen molar-refractivity contribution in [3.05, 3.63) is 52.4 Å². The van der Waals surface area contributed by atoms with Crippen molar-refractivity contribution in [1.29, 1.82) is 0 Å². The summed E-state index contributed by atoms with van der Waals surface area (Å²) in [5, 5.41) is 23.2. The molecule has 0 bridgehead atoms. The summed E-state index contributed by atoms with van der Waals surface area (Å²) in [6.07, 6.45) is 0.650. The van der Waals surface area contributed by atoms with Crippen LogP contribution < -0.4 is 31.6 Å². The van der Waals surface area contributed by atoms with Crippen molar-refractivity contribution < 1.29 is 19.1 Å². The van der Waals surface area contributed by atoms with Crippen LogP contribution in [0.1, 0.15) is 6.42 Å². The predicted octanol–water partition coefficient (Wildman–Crippen LogP) is 1.74. The SMILES string of the molecule is NCCCOc1ccc(Cl)cc1NC(=O)NC1=N[NH+]([O-])c2cc(F)ccc2N1. The summed E-state index contributed by atoms with van der Waals surface area (Å²) < 4.78 is 18.8. The number of nitrogens with zero attached hydrogens (tertiary/aromatic N) is 1. The van der Waals surface area contributed by atoms with Gasteiger partial charge >= 0.3 is 6.03 Å². The van der Waals surface area contributed by atoms with Gasteiger partial charge in [0.25, 0.3) is 5.96 Å². The molecule has 2 aromatic rings. The number of halogens is 2. The van der Waals surface area contributed by atoms with Crippen LogP contribution in [0.3, 0.4) is 0 Å². The largest absolute Gasteiger partial charge is 0.601 e. The van der Waals surface area contributed by atoms with Gasteiger partial charge in [-0.15, -0.1) is 0 Å². The van der Waals surface area contributed by atoms with E-state index >= 15 is 0 Å². The van der Waals surface area contributed by atoms with Gasteiger partial charge in [0, 0.05) is 11.1 Å². The molecule has 1 atom stereocenters. The molecule has 1 unspecified atom stereocenters. The minimum absolute atomic E-state index is 0.0800. The number of carbonyl (C=O) groups is 1. The Morgan fingerprint density at radius 2 is 2.14 bits per heavy atom. The smallest absolute Gasteiger partial charge is 0.326 e. The second-order valence-electron chi connectivity index (χ2n) is 5.79. The Balaban J connectivity index is 1.68. The number of guanidine groups is 1. The lowest BCUT2D eigenvalue weighted by Gasteiger charge is -2.24. The standard InChI is InChI=1S/C17H18ClFN6O3/c18-10-2-5-15(28-7-1-6-20)13(8-10)22-17(26)23-16-21-12-4-3-11(19)9-14(12)25(27)24-16/h2-5,8-9,25H,1,6-7,20H2,(H3,21,22,23,24,26). The lowest BCUT2D eigenvalue weighted by molar-refractivity contribution is -0.783. The van der Waals surface area contributed by atoms with Gasteiger partial charge in [-0.05, 0) is 48.4 Å². The number of urea groups is 1. The summed E-state index contributed by atoms with van der Waals surface area (Å²) in [4.78, 5) is 12.3. The average molecular weight is 409 g/mol. The van der Waals surface area contributed by atoms with Crippen LogP contribution in [-0.4, -0.2) is 25.1 Å². The van der Waals surface area contributed by atoms with Crippen molar-refractivity contribution in [3.8, 4) is 5.75 Å². The van der Waals surface area contributed by atoms with Gasteiger partial charge in [-0.2, -0.15) is 0 Å². The summed E-state index contributed by atoms with van der Waals surface area (Å²) >= 11 is 5.98. The third-order valence-electron chi connectivity index (χ3n) is 3.71. The number of nitrogens with two attached hydrogens (primary N) is 1. The number of rotatable bonds is 5. The normalized spacial score (nSPS) is 15.1. The van der Waals surface area contributed by atoms with Crippen molar-refractivity contribution in [3.63, 3.8) is 0 Å². The zero-order valence-corrected chi connectivity index (χ0v) is 15.3. The zero-order chi connectivity index (χ0) is 20.1. The number of hydrogen-bond donors (Lipinski definition) is 5. The lowest BCUT2D eigenvalue weighted by atomic mass is 10.2. The van der Waals surface area contributed by atoms with Crippen molar-refractivity contribution in [2.75, 3.05) is 23.8 Å². The minimum Gasteiger partial charge on any atom is -0.601 e. The lowest BCUT2D eigenvalue weighted by Crippen LogP contribution is -2.98. The molecule has 9 nitrogen and oxygen atoms in total. The molecule has 0 aromatic heterocycles. The summed E-state index contributed by atoms with van der Waals surface area (Å²) in [6.45, 7) is 0.853. The fourth-order valence-corrected chi connectivity index (χ4v) is 2.60. The van der Waals surface area contributed by atoms with Gasteiger partial charge in [-0.25, -0.2) is 14.4 Å². The number of amides is 2. The van der Waals surface area contributed by atoms with Crippen LogP contribution in [0, 0.1) is 11.0 Å². The van der Waals surface area contributed by atoms with E-state index in [0.29, 0.717) is 41.7 Å². The third kappa shape index (κ3) is 4.87. The van der Waals surface area contributed by atoms with Gasteiger partial charge in [0.05, 0.1) is 12.3 Å². The maximum Gasteiger partial charge on any atom is 0.326 e. The van der Waals surface area contributed by atoms with E-state index in [1.807, 2.05) is 0 Å². The van der Waals surface area contributed by atoms with Gasteiger partial charge in [0.15, 0.2) is 5.69 Å². The Labute approximate surface area is 164 Å². The minimum atomic E-state index is -0.671. The van der Waals surface area contributed by atoms with Crippen LogP contribution in [0.4, 0.5) is 26.2 Å². The van der Waals surface area contributed by atoms with Gasteiger partial charge < -0.3 is 26.3 Å². The van der Waals surface area contributed by atoms with E-state index < -0.39 is 17.0 Å². The van der Waals surface area contributed by atoms with Crippen LogP contribution in [-0.2, 0) is 0 Å². The van der Waals surface area contributed by atoms with E-state index in [-0.39, 0.29) is 11.6 Å². The van der Waals surface area contributed by atoms with E-state index in [1.54, 1.807) is 12.1 Å². The highest BCUT2D eigenvalue weighted by atomic mass is 35.5. The van der Waals surface area contributed by atoms with E-state index in [1.165, 1.54) is 18.2 Å². The first-order valence-electron chi connectivity index (χ1n) is 8.36. The number of ether oxygens (including phenoxy) is 1. The van der Waals surface area contributed by atoms with E-state index in [4.69, 9.17) is 22.1 Å². The number of hydrogen-bond acceptors (Lipinski definition) is 6. The van der Waals surface area contributed by atoms with E-state index in [0.717, 1.165) is 6.07 Å². The first kappa shape index (κ1) is 19.8. The number of fused-ring (bicyclic) bond motifs is 1. The molecule has 28 heavy (non-hydrogen) atoms. The Morgan fingerprint density at radius 3 is 2.93 bits per heavy atom. The number of quaternary nitrogens is 1. The van der Waals surface area contributed by atoms with Crippen molar-refractivity contribution >= 4 is 40.7 Å². The predicted molar refractivity (Wildman–Crippen MR) is 104 cm³/mol. The maximum absolute atomic E-state index is 13.3. The molecule has 0 radical (unpaired) electrons. The van der Waals surface area contributed by atoms with Crippen molar-refractivity contribution in [1.82, 2.24) is 5.32 Å². The van der Waals surface area contributed by atoms with Crippen molar-refractivity contribution in [2.45, 2.75) is 6.42 Å². The molecule has 0 spiro atoms. The molecule has 6 N–H and O–H groups in total. The molecule has 0 fully saturated rings. The Kier molecular flexibility index (Phi) is 6.26. The Hall–Kier alpha value is -2.92. The molecule has 3 rings (SSSR count). The molecule has 1 aliphatic heterocycles. The molecule has 1 aliphatic rings. The van der Waals surface area contributed by atoms with Gasteiger partial charge in [0.1, 0.15) is 17.3 Å². The number of benzene rings is 2. The molecule has 2 amide bonds. The molecular weight excluding hydrogens is 391 g/mol. The molecule has 0 aliphatic carbocycles. The molecule has 0 saturated carbocycles. The van der Waals surface area contributed by atoms with Gasteiger partial charge in [0.2, 0.25) is 0 Å². The van der Waals surface area contributed by atoms with Crippen molar-refractivity contribution in [2.24, 2.45) is 10.8 Å². The zero-order valence-electron chi connectivity index (χ0n) is 14.6. The van der Waals surface area contributed by atoms with Crippen LogP contribution in [0.5, 0.6) is 5.75 Å². The monoisotopic (exact) mass is 408 g/mol. The summed E-state index contributed by atoms with van der Waals surface area (Å²) in [7, 11) is 0. The first-order chi connectivity index (χ1) is 13.5. The first-order valence-corrected chi connectivity index (χ1v) is 8.74. The highest BCUT2D eigenvalue weighted by Gasteiger charge is 2.21. The summed E-state index contributed by atoms with van der Waals surface area (Å²) in [5.41, 5.74) is 6.20. The fraction of sp³-hybridized carbons (Fsp3) is 0.176. The molecule has 11 heteroatoms. The average Bonchev–Trinajstić information content (AvgIpc) is 2.64. The number of anilines is 2. The molecule has 2 aromatic carbocycles. The quantitative estimate of drug-likeness (QED) is 0.380. The van der Waals surface area contributed by atoms with E-state index in [2.05, 4.69) is 21.1 Å². The number of carbonyl (C=O) groups excluding carboxylic acids is 1. The Morgan fingerprint density at radius 1 is 1.32 bits per heavy atom. The van der Waals surface area contributed by atoms with Crippen LogP contribution in [0.25, 0.3) is 0 Å². The maximum atomic E-state index is 13.3. The second kappa shape index (κ2) is 8.85. The van der Waals surface area contributed by atoms with Gasteiger partial charge in [-0.3, -0.25) is 5.32 Å². The summed E-state index contributed by atoms with van der Waals surface area (Å²) in [6, 6.07) is 7.76. The van der Waals surface area contributed by atoms with Crippen LogP contribution in [0.15, 0.2) is 41.5 Å². The fourth-order valence-electron chi connectivity index (χ4n) is 2.43. The van der Waals surface area contributed by atoms with E-state index in [9.17, 15) is 14.4 Å². The van der Waals surface area contributed by atoms with Crippen LogP contribution >= 0.6 is 11.6 Å². The third-order valence-corrected chi connectivity index (χ3v) is 3.94.